The highest BCUT2D eigenvalue weighted by Gasteiger charge is 2.30. The van der Waals surface area contributed by atoms with Crippen molar-refractivity contribution in [2.24, 2.45) is 0 Å². The largest absolute Gasteiger partial charge is 0.416 e. The number of carbonyl (C=O) groups is 1. The molecule has 2 N–H and O–H groups in total. The number of halogens is 3. The van der Waals surface area contributed by atoms with Crippen LogP contribution < -0.4 is 10.6 Å². The first-order chi connectivity index (χ1) is 13.3. The van der Waals surface area contributed by atoms with Crippen LogP contribution in [0.5, 0.6) is 0 Å². The second-order valence-corrected chi connectivity index (χ2v) is 5.64. The van der Waals surface area contributed by atoms with Crippen molar-refractivity contribution in [2.75, 3.05) is 10.6 Å². The molecule has 0 unspecified atom stereocenters. The molecule has 0 bridgehead atoms. The van der Waals surface area contributed by atoms with Gasteiger partial charge in [0.05, 0.1) is 22.8 Å². The van der Waals surface area contributed by atoms with Crippen molar-refractivity contribution < 1.29 is 18.0 Å². The number of anilines is 3. The first-order valence-electron chi connectivity index (χ1n) is 7.93. The average Bonchev–Trinajstić information content (AvgIpc) is 2.68. The van der Waals surface area contributed by atoms with Crippen molar-refractivity contribution in [3.8, 4) is 6.07 Å². The molecule has 0 saturated carbocycles. The Morgan fingerprint density at radius 3 is 2.29 bits per heavy atom. The summed E-state index contributed by atoms with van der Waals surface area (Å²) in [4.78, 5) is 20.2. The van der Waals surface area contributed by atoms with Crippen molar-refractivity contribution in [1.82, 2.24) is 9.97 Å². The molecule has 3 rings (SSSR count). The molecule has 0 saturated heterocycles. The molecule has 0 aliphatic carbocycles. The number of carbonyl (C=O) groups excluding carboxylic acids is 1. The van der Waals surface area contributed by atoms with E-state index in [0.29, 0.717) is 11.3 Å². The average molecular weight is 383 g/mol. The molecule has 1 aromatic heterocycles. The van der Waals surface area contributed by atoms with E-state index in [-0.39, 0.29) is 17.2 Å². The maximum absolute atomic E-state index is 12.6. The molecule has 1 heterocycles. The highest BCUT2D eigenvalue weighted by Crippen LogP contribution is 2.29. The summed E-state index contributed by atoms with van der Waals surface area (Å²) in [6, 6.07) is 12.8. The zero-order valence-electron chi connectivity index (χ0n) is 14.2. The number of rotatable bonds is 4. The summed E-state index contributed by atoms with van der Waals surface area (Å²) in [5, 5.41) is 14.3. The van der Waals surface area contributed by atoms with Gasteiger partial charge in [0, 0.05) is 23.8 Å². The van der Waals surface area contributed by atoms with E-state index >= 15 is 0 Å². The van der Waals surface area contributed by atoms with Gasteiger partial charge in [0.1, 0.15) is 0 Å². The summed E-state index contributed by atoms with van der Waals surface area (Å²) >= 11 is 0. The van der Waals surface area contributed by atoms with Gasteiger partial charge >= 0.3 is 6.18 Å². The third-order valence-electron chi connectivity index (χ3n) is 3.63. The molecule has 6 nitrogen and oxygen atoms in total. The summed E-state index contributed by atoms with van der Waals surface area (Å²) in [6.07, 6.45) is -1.88. The minimum Gasteiger partial charge on any atom is -0.324 e. The third-order valence-corrected chi connectivity index (χ3v) is 3.63. The van der Waals surface area contributed by atoms with Crippen molar-refractivity contribution in [3.05, 3.63) is 77.6 Å². The summed E-state index contributed by atoms with van der Waals surface area (Å²) in [6.45, 7) is 0. The van der Waals surface area contributed by atoms with Gasteiger partial charge in [-0.1, -0.05) is 6.07 Å². The number of nitrogens with zero attached hydrogens (tertiary/aromatic N) is 3. The molecule has 0 radical (unpaired) electrons. The van der Waals surface area contributed by atoms with Crippen molar-refractivity contribution in [1.29, 1.82) is 5.26 Å². The maximum Gasteiger partial charge on any atom is 0.416 e. The van der Waals surface area contributed by atoms with E-state index < -0.39 is 17.6 Å². The molecule has 140 valence electrons. The van der Waals surface area contributed by atoms with Gasteiger partial charge in [0.25, 0.3) is 5.91 Å². The Morgan fingerprint density at radius 2 is 1.68 bits per heavy atom. The molecule has 28 heavy (non-hydrogen) atoms. The van der Waals surface area contributed by atoms with E-state index in [1.54, 1.807) is 24.3 Å². The first kappa shape index (κ1) is 18.8. The SMILES string of the molecule is N#Cc1cccc(Nc2ncc(C(=O)Nc3ccc(C(F)(F)F)cc3)cn2)c1. The van der Waals surface area contributed by atoms with E-state index in [1.165, 1.54) is 24.5 Å². The van der Waals surface area contributed by atoms with Gasteiger partial charge in [-0.25, -0.2) is 9.97 Å². The van der Waals surface area contributed by atoms with Crippen molar-refractivity contribution >= 4 is 23.2 Å². The van der Waals surface area contributed by atoms with E-state index in [4.69, 9.17) is 5.26 Å². The zero-order chi connectivity index (χ0) is 20.1. The summed E-state index contributed by atoms with van der Waals surface area (Å²) in [5.74, 6) is -0.334. The Bertz CT molecular complexity index is 1030. The Kier molecular flexibility index (Phi) is 5.22. The number of hydrogen-bond acceptors (Lipinski definition) is 5. The lowest BCUT2D eigenvalue weighted by Crippen LogP contribution is -2.13. The number of hydrogen-bond donors (Lipinski definition) is 2. The molecule has 0 spiro atoms. The fourth-order valence-corrected chi connectivity index (χ4v) is 2.25. The van der Waals surface area contributed by atoms with E-state index in [9.17, 15) is 18.0 Å². The Hall–Kier alpha value is -3.93. The van der Waals surface area contributed by atoms with E-state index in [0.717, 1.165) is 12.1 Å². The van der Waals surface area contributed by atoms with Crippen molar-refractivity contribution in [3.63, 3.8) is 0 Å². The molecule has 9 heteroatoms. The number of nitriles is 1. The highest BCUT2D eigenvalue weighted by molar-refractivity contribution is 6.03. The topological polar surface area (TPSA) is 90.7 Å². The molecule has 2 aromatic carbocycles. The minimum absolute atomic E-state index is 0.135. The summed E-state index contributed by atoms with van der Waals surface area (Å²) in [5.41, 5.74) is 0.632. The van der Waals surface area contributed by atoms with Gasteiger partial charge in [0.2, 0.25) is 5.95 Å². The van der Waals surface area contributed by atoms with Crippen LogP contribution in [0.1, 0.15) is 21.5 Å². The third kappa shape index (κ3) is 4.62. The smallest absolute Gasteiger partial charge is 0.324 e. The lowest BCUT2D eigenvalue weighted by Gasteiger charge is -2.09. The Labute approximate surface area is 157 Å². The molecule has 3 aromatic rings. The number of amides is 1. The predicted octanol–water partition coefficient (Wildman–Crippen LogP) is 4.36. The number of nitrogens with one attached hydrogen (secondary N) is 2. The van der Waals surface area contributed by atoms with E-state index in [1.807, 2.05) is 6.07 Å². The number of aromatic nitrogens is 2. The lowest BCUT2D eigenvalue weighted by atomic mass is 10.2. The van der Waals surface area contributed by atoms with Gasteiger partial charge in [0.15, 0.2) is 0 Å². The monoisotopic (exact) mass is 383 g/mol. The molecule has 0 aliphatic rings. The zero-order valence-corrected chi connectivity index (χ0v) is 14.2. The molecule has 0 fully saturated rings. The standard InChI is InChI=1S/C19H12F3N5O/c20-19(21,22)14-4-6-15(7-5-14)26-17(28)13-10-24-18(25-11-13)27-16-3-1-2-12(8-16)9-23/h1-8,10-11H,(H,26,28)(H,24,25,27). The second kappa shape index (κ2) is 7.75. The quantitative estimate of drug-likeness (QED) is 0.698. The van der Waals surface area contributed by atoms with Crippen LogP contribution in [0, 0.1) is 11.3 Å². The van der Waals surface area contributed by atoms with Crippen LogP contribution in [-0.2, 0) is 6.18 Å². The van der Waals surface area contributed by atoms with Gasteiger partial charge in [-0.15, -0.1) is 0 Å². The molecular weight excluding hydrogens is 371 g/mol. The fraction of sp³-hybridized carbons (Fsp3) is 0.0526. The molecule has 1 amide bonds. The van der Waals surface area contributed by atoms with Gasteiger partial charge in [-0.3, -0.25) is 4.79 Å². The maximum atomic E-state index is 12.6. The van der Waals surface area contributed by atoms with Crippen LogP contribution in [0.15, 0.2) is 60.9 Å². The van der Waals surface area contributed by atoms with Crippen molar-refractivity contribution in [2.45, 2.75) is 6.18 Å². The van der Waals surface area contributed by atoms with E-state index in [2.05, 4.69) is 20.6 Å². The minimum atomic E-state index is -4.44. The molecular formula is C19H12F3N5O. The Morgan fingerprint density at radius 1 is 1.00 bits per heavy atom. The van der Waals surface area contributed by atoms with Crippen LogP contribution in [0.3, 0.4) is 0 Å². The lowest BCUT2D eigenvalue weighted by molar-refractivity contribution is -0.137. The molecule has 0 atom stereocenters. The highest BCUT2D eigenvalue weighted by atomic mass is 19.4. The number of alkyl halides is 3. The molecule has 0 aliphatic heterocycles. The Balaban J connectivity index is 1.66. The number of benzene rings is 2. The first-order valence-corrected chi connectivity index (χ1v) is 7.93. The van der Waals surface area contributed by atoms with Gasteiger partial charge < -0.3 is 10.6 Å². The summed E-state index contributed by atoms with van der Waals surface area (Å²) in [7, 11) is 0. The van der Waals surface area contributed by atoms with Crippen LogP contribution in [0.25, 0.3) is 0 Å². The predicted molar refractivity (Wildman–Crippen MR) is 95.9 cm³/mol. The normalized spacial score (nSPS) is 10.8. The van der Waals surface area contributed by atoms with Crippen LogP contribution in [0.4, 0.5) is 30.5 Å². The van der Waals surface area contributed by atoms with Gasteiger partial charge in [-0.05, 0) is 42.5 Å². The second-order valence-electron chi connectivity index (χ2n) is 5.64. The van der Waals surface area contributed by atoms with Crippen LogP contribution >= 0.6 is 0 Å². The van der Waals surface area contributed by atoms with Gasteiger partial charge in [-0.2, -0.15) is 18.4 Å². The van der Waals surface area contributed by atoms with Crippen LogP contribution in [0.2, 0.25) is 0 Å². The summed E-state index contributed by atoms with van der Waals surface area (Å²) < 4.78 is 37.7. The van der Waals surface area contributed by atoms with Crippen LogP contribution in [-0.4, -0.2) is 15.9 Å². The fourth-order valence-electron chi connectivity index (χ4n) is 2.25.